The van der Waals surface area contributed by atoms with Gasteiger partial charge in [-0.3, -0.25) is 0 Å². The van der Waals surface area contributed by atoms with Crippen LogP contribution in [0.3, 0.4) is 0 Å². The first kappa shape index (κ1) is 23.3. The molecule has 0 bridgehead atoms. The molecule has 2 fully saturated rings. The fraction of sp³-hybridized carbons (Fsp3) is 0.478. The number of nitrogens with zero attached hydrogens (tertiary/aromatic N) is 3. The van der Waals surface area contributed by atoms with Crippen molar-refractivity contribution in [3.63, 3.8) is 0 Å². The van der Waals surface area contributed by atoms with Crippen LogP contribution in [-0.2, 0) is 16.5 Å². The van der Waals surface area contributed by atoms with Crippen molar-refractivity contribution in [2.24, 2.45) is 0 Å². The van der Waals surface area contributed by atoms with Crippen molar-refractivity contribution in [2.75, 3.05) is 43.1 Å². The second-order valence-corrected chi connectivity index (χ2v) is 8.51. The first-order valence-corrected chi connectivity index (χ1v) is 10.9. The van der Waals surface area contributed by atoms with Crippen molar-refractivity contribution < 1.29 is 27.8 Å². The summed E-state index contributed by atoms with van der Waals surface area (Å²) in [5.41, 5.74) is -0.340. The number of hydrogen-bond acceptors (Lipinski definition) is 5. The lowest BCUT2D eigenvalue weighted by Gasteiger charge is -2.40. The van der Waals surface area contributed by atoms with Crippen LogP contribution in [-0.4, -0.2) is 59.9 Å². The fourth-order valence-corrected chi connectivity index (χ4v) is 4.38. The van der Waals surface area contributed by atoms with Gasteiger partial charge in [0.05, 0.1) is 11.2 Å². The maximum atomic E-state index is 13.4. The van der Waals surface area contributed by atoms with Crippen LogP contribution in [0.4, 0.5) is 29.5 Å². The highest BCUT2D eigenvalue weighted by Gasteiger charge is 2.38. The average Bonchev–Trinajstić information content (AvgIpc) is 2.79. The van der Waals surface area contributed by atoms with E-state index in [0.717, 1.165) is 11.6 Å². The van der Waals surface area contributed by atoms with Gasteiger partial charge in [0, 0.05) is 63.6 Å². The van der Waals surface area contributed by atoms with Gasteiger partial charge in [0.25, 0.3) is 0 Å². The molecule has 0 spiro atoms. The summed E-state index contributed by atoms with van der Waals surface area (Å²) in [4.78, 5) is 20.0. The molecular formula is C23H27F3N4O3. The van der Waals surface area contributed by atoms with E-state index in [1.165, 1.54) is 12.3 Å². The van der Waals surface area contributed by atoms with E-state index in [-0.39, 0.29) is 37.5 Å². The number of alkyl halides is 3. The zero-order valence-corrected chi connectivity index (χ0v) is 18.3. The predicted molar refractivity (Wildman–Crippen MR) is 117 cm³/mol. The van der Waals surface area contributed by atoms with E-state index < -0.39 is 17.3 Å². The number of aromatic nitrogens is 1. The molecule has 1 atom stereocenters. The number of halogens is 3. The molecule has 2 saturated heterocycles. The summed E-state index contributed by atoms with van der Waals surface area (Å²) in [6.07, 6.45) is -2.11. The zero-order valence-electron chi connectivity index (χ0n) is 18.3. The van der Waals surface area contributed by atoms with Crippen molar-refractivity contribution in [3.8, 4) is 0 Å². The molecule has 0 aliphatic carbocycles. The SMILES string of the molecule is C[C@@H]1CN(c2ncccc2C(F)(F)F)CCN1C(=O)Nc1ccc(C2(O)CCOCC2)cc1. The van der Waals surface area contributed by atoms with Gasteiger partial charge in [-0.05, 0) is 36.8 Å². The number of ether oxygens (including phenoxy) is 1. The van der Waals surface area contributed by atoms with Crippen molar-refractivity contribution >= 4 is 17.5 Å². The van der Waals surface area contributed by atoms with Gasteiger partial charge >= 0.3 is 12.2 Å². The maximum Gasteiger partial charge on any atom is 0.419 e. The number of carbonyl (C=O) groups excluding carboxylic acids is 1. The zero-order chi connectivity index (χ0) is 23.6. The van der Waals surface area contributed by atoms with Gasteiger partial charge in [-0.2, -0.15) is 13.2 Å². The molecule has 1 aromatic carbocycles. The van der Waals surface area contributed by atoms with Crippen LogP contribution in [0.1, 0.15) is 30.9 Å². The molecule has 4 rings (SSSR count). The second kappa shape index (κ2) is 9.18. The molecule has 33 heavy (non-hydrogen) atoms. The Morgan fingerprint density at radius 2 is 1.88 bits per heavy atom. The number of piperazine rings is 1. The number of pyridine rings is 1. The van der Waals surface area contributed by atoms with Gasteiger partial charge in [0.1, 0.15) is 5.82 Å². The summed E-state index contributed by atoms with van der Waals surface area (Å²) in [7, 11) is 0. The summed E-state index contributed by atoms with van der Waals surface area (Å²) >= 11 is 0. The number of rotatable bonds is 3. The monoisotopic (exact) mass is 464 g/mol. The third kappa shape index (κ3) is 5.06. The van der Waals surface area contributed by atoms with E-state index in [9.17, 15) is 23.1 Å². The standard InChI is InChI=1S/C23H27F3N4O3/c1-16-15-29(20-19(23(24,25)26)3-2-10-27-20)11-12-30(16)21(31)28-18-6-4-17(5-7-18)22(32)8-13-33-14-9-22/h2-7,10,16,32H,8-9,11-15H2,1H3,(H,28,31)/t16-/m1/s1. The van der Waals surface area contributed by atoms with Gasteiger partial charge in [-0.1, -0.05) is 12.1 Å². The quantitative estimate of drug-likeness (QED) is 0.722. The molecule has 0 saturated carbocycles. The minimum Gasteiger partial charge on any atom is -0.385 e. The van der Waals surface area contributed by atoms with E-state index in [0.29, 0.717) is 31.7 Å². The van der Waals surface area contributed by atoms with Crippen LogP contribution in [0.15, 0.2) is 42.6 Å². The van der Waals surface area contributed by atoms with Crippen molar-refractivity contribution in [3.05, 3.63) is 53.7 Å². The summed E-state index contributed by atoms with van der Waals surface area (Å²) in [6.45, 7) is 3.54. The lowest BCUT2D eigenvalue weighted by molar-refractivity contribution is -0.137. The lowest BCUT2D eigenvalue weighted by Crippen LogP contribution is -2.55. The van der Waals surface area contributed by atoms with Crippen LogP contribution >= 0.6 is 0 Å². The van der Waals surface area contributed by atoms with Crippen LogP contribution in [0.25, 0.3) is 0 Å². The van der Waals surface area contributed by atoms with Crippen LogP contribution in [0.5, 0.6) is 0 Å². The largest absolute Gasteiger partial charge is 0.419 e. The molecule has 178 valence electrons. The first-order chi connectivity index (χ1) is 15.7. The number of hydrogen-bond donors (Lipinski definition) is 2. The van der Waals surface area contributed by atoms with E-state index >= 15 is 0 Å². The number of benzene rings is 1. The molecule has 1 aromatic heterocycles. The Morgan fingerprint density at radius 1 is 1.18 bits per heavy atom. The Hall–Kier alpha value is -2.85. The molecule has 2 aliphatic rings. The number of urea groups is 1. The highest BCUT2D eigenvalue weighted by atomic mass is 19.4. The maximum absolute atomic E-state index is 13.4. The number of aliphatic hydroxyl groups is 1. The minimum atomic E-state index is -4.49. The molecule has 7 nitrogen and oxygen atoms in total. The van der Waals surface area contributed by atoms with Gasteiger partial charge < -0.3 is 25.0 Å². The average molecular weight is 464 g/mol. The van der Waals surface area contributed by atoms with Crippen LogP contribution in [0.2, 0.25) is 0 Å². The summed E-state index contributed by atoms with van der Waals surface area (Å²) in [6, 6.07) is 8.72. The molecule has 2 N–H and O–H groups in total. The Bertz CT molecular complexity index is 978. The molecular weight excluding hydrogens is 437 g/mol. The Morgan fingerprint density at radius 3 is 2.52 bits per heavy atom. The predicted octanol–water partition coefficient (Wildman–Crippen LogP) is 3.84. The van der Waals surface area contributed by atoms with Gasteiger partial charge in [-0.25, -0.2) is 9.78 Å². The van der Waals surface area contributed by atoms with Crippen molar-refractivity contribution in [1.29, 1.82) is 0 Å². The number of nitrogens with one attached hydrogen (secondary N) is 1. The van der Waals surface area contributed by atoms with Gasteiger partial charge in [0.2, 0.25) is 0 Å². The number of carbonyl (C=O) groups is 1. The van der Waals surface area contributed by atoms with E-state index in [2.05, 4.69) is 10.3 Å². The molecule has 3 heterocycles. The Balaban J connectivity index is 1.39. The van der Waals surface area contributed by atoms with Crippen molar-refractivity contribution in [1.82, 2.24) is 9.88 Å². The topological polar surface area (TPSA) is 77.9 Å². The van der Waals surface area contributed by atoms with E-state index in [1.54, 1.807) is 41.0 Å². The number of amides is 2. The van der Waals surface area contributed by atoms with E-state index in [1.807, 2.05) is 0 Å². The Labute approximate surface area is 190 Å². The highest BCUT2D eigenvalue weighted by molar-refractivity contribution is 5.89. The molecule has 0 radical (unpaired) electrons. The van der Waals surface area contributed by atoms with Crippen molar-refractivity contribution in [2.45, 2.75) is 37.6 Å². The smallest absolute Gasteiger partial charge is 0.385 e. The second-order valence-electron chi connectivity index (χ2n) is 8.51. The molecule has 2 amide bonds. The summed E-state index contributed by atoms with van der Waals surface area (Å²) in [5, 5.41) is 13.6. The van der Waals surface area contributed by atoms with Gasteiger partial charge in [0.15, 0.2) is 0 Å². The van der Waals surface area contributed by atoms with Crippen LogP contribution in [0, 0.1) is 0 Å². The summed E-state index contributed by atoms with van der Waals surface area (Å²) in [5.74, 6) is -0.112. The normalized spacial score (nSPS) is 21.1. The minimum absolute atomic E-state index is 0.112. The highest BCUT2D eigenvalue weighted by Crippen LogP contribution is 2.36. The molecule has 2 aromatic rings. The fourth-order valence-electron chi connectivity index (χ4n) is 4.38. The lowest BCUT2D eigenvalue weighted by atomic mass is 9.86. The molecule has 0 unspecified atom stereocenters. The third-order valence-corrected chi connectivity index (χ3v) is 6.27. The first-order valence-electron chi connectivity index (χ1n) is 10.9. The number of anilines is 2. The third-order valence-electron chi connectivity index (χ3n) is 6.27. The van der Waals surface area contributed by atoms with Crippen LogP contribution < -0.4 is 10.2 Å². The summed E-state index contributed by atoms with van der Waals surface area (Å²) < 4.78 is 45.4. The molecule has 10 heteroatoms. The van der Waals surface area contributed by atoms with E-state index in [4.69, 9.17) is 4.74 Å². The molecule has 2 aliphatic heterocycles. The Kier molecular flexibility index (Phi) is 6.49. The van der Waals surface area contributed by atoms with Gasteiger partial charge in [-0.15, -0.1) is 0 Å².